The van der Waals surface area contributed by atoms with E-state index in [1.807, 2.05) is 6.92 Å². The maximum Gasteiger partial charge on any atom is 0.0522 e. The van der Waals surface area contributed by atoms with Crippen LogP contribution in [0.5, 0.6) is 0 Å². The van der Waals surface area contributed by atoms with Gasteiger partial charge in [-0.05, 0) is 13.3 Å². The highest BCUT2D eigenvalue weighted by atomic mass is 35.5. The Balaban J connectivity index is 2.51. The highest BCUT2D eigenvalue weighted by molar-refractivity contribution is 6.25. The Hall–Kier alpha value is 0.540. The molecule has 2 unspecified atom stereocenters. The van der Waals surface area contributed by atoms with Gasteiger partial charge in [0.25, 0.3) is 0 Å². The zero-order valence-corrected chi connectivity index (χ0v) is 7.58. The zero-order chi connectivity index (χ0) is 7.61. The number of ether oxygens (including phenoxy) is 1. The summed E-state index contributed by atoms with van der Waals surface area (Å²) in [5.41, 5.74) is 0. The van der Waals surface area contributed by atoms with Gasteiger partial charge in [-0.1, -0.05) is 0 Å². The average molecular weight is 183 g/mol. The number of rotatable bonds is 1. The van der Waals surface area contributed by atoms with Crippen molar-refractivity contribution in [2.45, 2.75) is 18.2 Å². The smallest absolute Gasteiger partial charge is 0.0522 e. The van der Waals surface area contributed by atoms with Gasteiger partial charge in [-0.3, -0.25) is 0 Å². The highest BCUT2D eigenvalue weighted by Crippen LogP contribution is 2.33. The summed E-state index contributed by atoms with van der Waals surface area (Å²) in [7, 11) is 0. The molecule has 0 radical (unpaired) electrons. The van der Waals surface area contributed by atoms with Gasteiger partial charge in [0.05, 0.1) is 11.5 Å². The summed E-state index contributed by atoms with van der Waals surface area (Å²) in [5, 5.41) is 0. The molecule has 0 aromatic carbocycles. The predicted molar refractivity (Wildman–Crippen MR) is 43.9 cm³/mol. The van der Waals surface area contributed by atoms with Crippen molar-refractivity contribution in [2.24, 2.45) is 5.92 Å². The summed E-state index contributed by atoms with van der Waals surface area (Å²) in [5.74, 6) is 0.907. The van der Waals surface area contributed by atoms with Gasteiger partial charge in [0.15, 0.2) is 0 Å². The lowest BCUT2D eigenvalue weighted by Crippen LogP contribution is -2.39. The van der Waals surface area contributed by atoms with Crippen LogP contribution >= 0.6 is 23.2 Å². The lowest BCUT2D eigenvalue weighted by molar-refractivity contribution is 0.0417. The number of hydrogen-bond donors (Lipinski definition) is 0. The molecule has 2 atom stereocenters. The second-order valence-electron chi connectivity index (χ2n) is 2.95. The molecule has 10 heavy (non-hydrogen) atoms. The molecule has 1 aliphatic heterocycles. The summed E-state index contributed by atoms with van der Waals surface area (Å²) in [4.78, 5) is -0.139. The number of halogens is 2. The van der Waals surface area contributed by atoms with Crippen molar-refractivity contribution in [3.05, 3.63) is 0 Å². The lowest BCUT2D eigenvalue weighted by Gasteiger charge is -2.34. The molecule has 0 aromatic rings. The molecule has 1 nitrogen and oxygen atoms in total. The Morgan fingerprint density at radius 3 is 2.80 bits per heavy atom. The first-order valence-corrected chi connectivity index (χ1v) is 4.40. The van der Waals surface area contributed by atoms with Crippen molar-refractivity contribution in [1.82, 2.24) is 0 Å². The summed E-state index contributed by atoms with van der Waals surface area (Å²) in [6.45, 7) is 3.51. The fourth-order valence-corrected chi connectivity index (χ4v) is 1.81. The van der Waals surface area contributed by atoms with Crippen LogP contribution < -0.4 is 0 Å². The largest absolute Gasteiger partial charge is 0.381 e. The molecule has 0 spiro atoms. The summed E-state index contributed by atoms with van der Waals surface area (Å²) in [6.07, 6.45) is 0.909. The van der Waals surface area contributed by atoms with Crippen LogP contribution in [-0.2, 0) is 4.74 Å². The van der Waals surface area contributed by atoms with Gasteiger partial charge in [0.2, 0.25) is 0 Å². The van der Waals surface area contributed by atoms with Gasteiger partial charge in [-0.2, -0.15) is 0 Å². The summed E-state index contributed by atoms with van der Waals surface area (Å²) >= 11 is 11.9. The molecule has 60 valence electrons. The Bertz CT molecular complexity index is 114. The van der Waals surface area contributed by atoms with Crippen LogP contribution in [0.4, 0.5) is 0 Å². The Morgan fingerprint density at radius 1 is 1.70 bits per heavy atom. The molecular weight excluding hydrogens is 171 g/mol. The first kappa shape index (κ1) is 8.63. The molecule has 0 bridgehead atoms. The Labute approximate surface area is 71.6 Å². The first-order valence-electron chi connectivity index (χ1n) is 3.49. The minimum atomic E-state index is -0.139. The molecule has 1 rings (SSSR count). The van der Waals surface area contributed by atoms with E-state index in [1.165, 1.54) is 0 Å². The SMILES string of the molecule is CC1(Cl)CCOCC1CCl. The quantitative estimate of drug-likeness (QED) is 0.566. The molecule has 1 saturated heterocycles. The molecule has 0 aromatic heterocycles. The van der Waals surface area contributed by atoms with Gasteiger partial charge >= 0.3 is 0 Å². The van der Waals surface area contributed by atoms with E-state index >= 15 is 0 Å². The van der Waals surface area contributed by atoms with Crippen LogP contribution in [0.15, 0.2) is 0 Å². The lowest BCUT2D eigenvalue weighted by atomic mass is 9.91. The summed E-state index contributed by atoms with van der Waals surface area (Å²) in [6, 6.07) is 0. The van der Waals surface area contributed by atoms with Crippen molar-refractivity contribution in [1.29, 1.82) is 0 Å². The van der Waals surface area contributed by atoms with Crippen molar-refractivity contribution in [2.75, 3.05) is 19.1 Å². The van der Waals surface area contributed by atoms with E-state index in [-0.39, 0.29) is 4.87 Å². The van der Waals surface area contributed by atoms with E-state index in [0.29, 0.717) is 18.4 Å². The molecule has 0 N–H and O–H groups in total. The van der Waals surface area contributed by atoms with E-state index in [0.717, 1.165) is 13.0 Å². The van der Waals surface area contributed by atoms with E-state index in [1.54, 1.807) is 0 Å². The Kier molecular flexibility index (Phi) is 2.84. The van der Waals surface area contributed by atoms with E-state index in [9.17, 15) is 0 Å². The van der Waals surface area contributed by atoms with Crippen LogP contribution in [0, 0.1) is 5.92 Å². The third-order valence-electron chi connectivity index (χ3n) is 2.09. The zero-order valence-electron chi connectivity index (χ0n) is 6.07. The molecule has 1 heterocycles. The molecule has 0 saturated carbocycles. The van der Waals surface area contributed by atoms with Crippen molar-refractivity contribution in [3.63, 3.8) is 0 Å². The number of hydrogen-bond acceptors (Lipinski definition) is 1. The standard InChI is InChI=1S/C7H12Cl2O/c1-7(9)2-3-10-5-6(7)4-8/h6H,2-5H2,1H3. The third-order valence-corrected chi connectivity index (χ3v) is 2.96. The third kappa shape index (κ3) is 1.77. The minimum Gasteiger partial charge on any atom is -0.381 e. The van der Waals surface area contributed by atoms with Crippen molar-refractivity contribution < 1.29 is 4.74 Å². The van der Waals surface area contributed by atoms with Gasteiger partial charge in [-0.25, -0.2) is 0 Å². The maximum atomic E-state index is 6.17. The molecule has 0 aliphatic carbocycles. The number of alkyl halides is 2. The van der Waals surface area contributed by atoms with Crippen LogP contribution in [0.25, 0.3) is 0 Å². The van der Waals surface area contributed by atoms with Crippen molar-refractivity contribution >= 4 is 23.2 Å². The maximum absolute atomic E-state index is 6.17. The second-order valence-corrected chi connectivity index (χ2v) is 4.13. The van der Waals surface area contributed by atoms with Crippen LogP contribution in [-0.4, -0.2) is 24.0 Å². The minimum absolute atomic E-state index is 0.139. The predicted octanol–water partition coefficient (Wildman–Crippen LogP) is 2.26. The van der Waals surface area contributed by atoms with Crippen LogP contribution in [0.3, 0.4) is 0 Å². The molecule has 1 aliphatic rings. The molecule has 1 fully saturated rings. The van der Waals surface area contributed by atoms with Crippen LogP contribution in [0.1, 0.15) is 13.3 Å². The fraction of sp³-hybridized carbons (Fsp3) is 1.00. The van der Waals surface area contributed by atoms with Gasteiger partial charge in [0.1, 0.15) is 0 Å². The normalized spacial score (nSPS) is 41.7. The average Bonchev–Trinajstić information content (AvgIpc) is 1.87. The molecular formula is C7H12Cl2O. The van der Waals surface area contributed by atoms with E-state index in [2.05, 4.69) is 0 Å². The topological polar surface area (TPSA) is 9.23 Å². The van der Waals surface area contributed by atoms with Crippen LogP contribution in [0.2, 0.25) is 0 Å². The van der Waals surface area contributed by atoms with Crippen molar-refractivity contribution in [3.8, 4) is 0 Å². The highest BCUT2D eigenvalue weighted by Gasteiger charge is 2.34. The second kappa shape index (κ2) is 3.29. The fourth-order valence-electron chi connectivity index (χ4n) is 1.08. The summed E-state index contributed by atoms with van der Waals surface area (Å²) < 4.78 is 5.24. The van der Waals surface area contributed by atoms with E-state index in [4.69, 9.17) is 27.9 Å². The van der Waals surface area contributed by atoms with Gasteiger partial charge < -0.3 is 4.74 Å². The van der Waals surface area contributed by atoms with Gasteiger partial charge in [-0.15, -0.1) is 23.2 Å². The van der Waals surface area contributed by atoms with Gasteiger partial charge in [0, 0.05) is 18.4 Å². The monoisotopic (exact) mass is 182 g/mol. The van der Waals surface area contributed by atoms with E-state index < -0.39 is 0 Å². The Morgan fingerprint density at radius 2 is 2.40 bits per heavy atom. The molecule has 3 heteroatoms. The first-order chi connectivity index (χ1) is 4.67. The molecule has 0 amide bonds.